The van der Waals surface area contributed by atoms with Gasteiger partial charge in [-0.1, -0.05) is 31.5 Å². The van der Waals surface area contributed by atoms with Gasteiger partial charge in [0.2, 0.25) is 0 Å². The molecule has 0 atom stereocenters. The van der Waals surface area contributed by atoms with Crippen molar-refractivity contribution in [3.05, 3.63) is 53.6 Å². The summed E-state index contributed by atoms with van der Waals surface area (Å²) in [5.74, 6) is 2.51. The molecule has 4 heteroatoms. The topological polar surface area (TPSA) is 39.7 Å². The van der Waals surface area contributed by atoms with E-state index in [1.165, 1.54) is 11.1 Å². The number of methoxy groups -OCH3 is 1. The minimum Gasteiger partial charge on any atom is -0.493 e. The van der Waals surface area contributed by atoms with Crippen molar-refractivity contribution in [3.63, 3.8) is 0 Å². The summed E-state index contributed by atoms with van der Waals surface area (Å²) < 4.78 is 16.9. The van der Waals surface area contributed by atoms with E-state index in [1.807, 2.05) is 38.1 Å². The summed E-state index contributed by atoms with van der Waals surface area (Å²) in [6.07, 6.45) is 2.37. The molecule has 0 aromatic heterocycles. The van der Waals surface area contributed by atoms with E-state index in [-0.39, 0.29) is 6.10 Å². The number of benzene rings is 2. The molecule has 0 spiro atoms. The molecule has 0 fully saturated rings. The lowest BCUT2D eigenvalue weighted by molar-refractivity contribution is 0.242. The van der Waals surface area contributed by atoms with E-state index in [9.17, 15) is 0 Å². The maximum Gasteiger partial charge on any atom is 0.161 e. The normalized spacial score (nSPS) is 10.8. The van der Waals surface area contributed by atoms with Gasteiger partial charge in [-0.3, -0.25) is 0 Å². The Hall–Kier alpha value is -2.20. The summed E-state index contributed by atoms with van der Waals surface area (Å²) in [5.41, 5.74) is 2.40. The van der Waals surface area contributed by atoms with Gasteiger partial charge in [0, 0.05) is 13.1 Å². The molecule has 0 aliphatic rings. The first-order valence-electron chi connectivity index (χ1n) is 9.38. The Morgan fingerprint density at radius 2 is 1.62 bits per heavy atom. The molecule has 26 heavy (non-hydrogen) atoms. The summed E-state index contributed by atoms with van der Waals surface area (Å²) in [6, 6.07) is 14.3. The van der Waals surface area contributed by atoms with E-state index in [4.69, 9.17) is 14.2 Å². The smallest absolute Gasteiger partial charge is 0.161 e. The van der Waals surface area contributed by atoms with Gasteiger partial charge in [-0.05, 0) is 55.7 Å². The third kappa shape index (κ3) is 6.60. The van der Waals surface area contributed by atoms with Crippen LogP contribution in [0.15, 0.2) is 42.5 Å². The quantitative estimate of drug-likeness (QED) is 0.578. The second-order valence-electron chi connectivity index (χ2n) is 6.60. The van der Waals surface area contributed by atoms with Crippen molar-refractivity contribution in [1.29, 1.82) is 0 Å². The van der Waals surface area contributed by atoms with Gasteiger partial charge in [-0.25, -0.2) is 0 Å². The summed E-state index contributed by atoms with van der Waals surface area (Å²) in [6.45, 7) is 8.52. The first-order valence-corrected chi connectivity index (χ1v) is 9.38. The number of rotatable bonds is 11. The molecule has 2 aromatic rings. The molecular formula is C22H31NO3. The van der Waals surface area contributed by atoms with Crippen LogP contribution in [0, 0.1) is 0 Å². The summed E-state index contributed by atoms with van der Waals surface area (Å²) in [5, 5.41) is 3.46. The van der Waals surface area contributed by atoms with E-state index in [0.29, 0.717) is 0 Å². The van der Waals surface area contributed by atoms with Crippen molar-refractivity contribution in [1.82, 2.24) is 5.32 Å². The van der Waals surface area contributed by atoms with E-state index >= 15 is 0 Å². The van der Waals surface area contributed by atoms with E-state index < -0.39 is 0 Å². The molecule has 0 unspecified atom stereocenters. The largest absolute Gasteiger partial charge is 0.493 e. The standard InChI is InChI=1S/C22H31NO3/c1-5-6-13-25-21-12-9-19(14-22(21)24-4)16-23-15-18-7-10-20(11-8-18)26-17(2)3/h7-12,14,17,23H,5-6,13,15-16H2,1-4H3. The van der Waals surface area contributed by atoms with Crippen LogP contribution in [0.1, 0.15) is 44.7 Å². The van der Waals surface area contributed by atoms with Crippen LogP contribution in [-0.4, -0.2) is 19.8 Å². The van der Waals surface area contributed by atoms with Crippen molar-refractivity contribution in [3.8, 4) is 17.2 Å². The van der Waals surface area contributed by atoms with Crippen LogP contribution in [0.4, 0.5) is 0 Å². The molecule has 0 saturated carbocycles. The lowest BCUT2D eigenvalue weighted by Crippen LogP contribution is -2.13. The lowest BCUT2D eigenvalue weighted by atomic mass is 10.1. The van der Waals surface area contributed by atoms with Gasteiger partial charge >= 0.3 is 0 Å². The number of unbranched alkanes of at least 4 members (excludes halogenated alkanes) is 1. The third-order valence-corrected chi connectivity index (χ3v) is 3.94. The molecule has 2 aromatic carbocycles. The van der Waals surface area contributed by atoms with Crippen LogP contribution in [-0.2, 0) is 13.1 Å². The molecule has 142 valence electrons. The molecule has 1 N–H and O–H groups in total. The van der Waals surface area contributed by atoms with Gasteiger partial charge < -0.3 is 19.5 Å². The first kappa shape index (κ1) is 20.1. The van der Waals surface area contributed by atoms with Crippen LogP contribution in [0.25, 0.3) is 0 Å². The molecule has 0 aliphatic carbocycles. The second-order valence-corrected chi connectivity index (χ2v) is 6.60. The average Bonchev–Trinajstić information content (AvgIpc) is 2.64. The zero-order valence-electron chi connectivity index (χ0n) is 16.4. The molecule has 0 saturated heterocycles. The van der Waals surface area contributed by atoms with Gasteiger partial charge in [0.15, 0.2) is 11.5 Å². The van der Waals surface area contributed by atoms with Gasteiger partial charge in [0.25, 0.3) is 0 Å². The molecule has 4 nitrogen and oxygen atoms in total. The molecule has 0 heterocycles. The Balaban J connectivity index is 1.85. The van der Waals surface area contributed by atoms with E-state index in [0.717, 1.165) is 49.8 Å². The monoisotopic (exact) mass is 357 g/mol. The predicted molar refractivity (Wildman–Crippen MR) is 106 cm³/mol. The zero-order valence-corrected chi connectivity index (χ0v) is 16.4. The van der Waals surface area contributed by atoms with Gasteiger partial charge in [0.1, 0.15) is 5.75 Å². The van der Waals surface area contributed by atoms with Crippen molar-refractivity contribution < 1.29 is 14.2 Å². The molecule has 0 aliphatic heterocycles. The lowest BCUT2D eigenvalue weighted by Gasteiger charge is -2.13. The number of nitrogens with one attached hydrogen (secondary N) is 1. The Morgan fingerprint density at radius 3 is 2.27 bits per heavy atom. The molecular weight excluding hydrogens is 326 g/mol. The van der Waals surface area contributed by atoms with Crippen LogP contribution in [0.3, 0.4) is 0 Å². The highest BCUT2D eigenvalue weighted by Crippen LogP contribution is 2.28. The fourth-order valence-corrected chi connectivity index (χ4v) is 2.58. The minimum atomic E-state index is 0.197. The Kier molecular flexibility index (Phi) is 8.29. The predicted octanol–water partition coefficient (Wildman–Crippen LogP) is 4.95. The fraction of sp³-hybridized carbons (Fsp3) is 0.455. The highest BCUT2D eigenvalue weighted by Gasteiger charge is 2.06. The fourth-order valence-electron chi connectivity index (χ4n) is 2.58. The molecule has 0 radical (unpaired) electrons. The summed E-state index contributed by atoms with van der Waals surface area (Å²) in [4.78, 5) is 0. The highest BCUT2D eigenvalue weighted by molar-refractivity contribution is 5.43. The zero-order chi connectivity index (χ0) is 18.8. The number of hydrogen-bond donors (Lipinski definition) is 1. The first-order chi connectivity index (χ1) is 12.6. The molecule has 0 bridgehead atoms. The van der Waals surface area contributed by atoms with Gasteiger partial charge in [0.05, 0.1) is 19.8 Å². The Bertz CT molecular complexity index is 653. The Labute approximate surface area is 157 Å². The van der Waals surface area contributed by atoms with Gasteiger partial charge in [-0.15, -0.1) is 0 Å². The third-order valence-electron chi connectivity index (χ3n) is 3.94. The highest BCUT2D eigenvalue weighted by atomic mass is 16.5. The van der Waals surface area contributed by atoms with Crippen LogP contribution >= 0.6 is 0 Å². The number of ether oxygens (including phenoxy) is 3. The van der Waals surface area contributed by atoms with Crippen LogP contribution in [0.2, 0.25) is 0 Å². The summed E-state index contributed by atoms with van der Waals surface area (Å²) in [7, 11) is 1.68. The maximum absolute atomic E-state index is 5.78. The summed E-state index contributed by atoms with van der Waals surface area (Å²) >= 11 is 0. The van der Waals surface area contributed by atoms with E-state index in [1.54, 1.807) is 7.11 Å². The molecule has 0 amide bonds. The van der Waals surface area contributed by atoms with E-state index in [2.05, 4.69) is 30.4 Å². The Morgan fingerprint density at radius 1 is 0.923 bits per heavy atom. The SMILES string of the molecule is CCCCOc1ccc(CNCc2ccc(OC(C)C)cc2)cc1OC. The van der Waals surface area contributed by atoms with Crippen molar-refractivity contribution in [2.75, 3.05) is 13.7 Å². The maximum atomic E-state index is 5.78. The van der Waals surface area contributed by atoms with Gasteiger partial charge in [-0.2, -0.15) is 0 Å². The average molecular weight is 357 g/mol. The second kappa shape index (κ2) is 10.7. The van der Waals surface area contributed by atoms with Crippen molar-refractivity contribution in [2.45, 2.75) is 52.8 Å². The van der Waals surface area contributed by atoms with Crippen molar-refractivity contribution >= 4 is 0 Å². The van der Waals surface area contributed by atoms with Crippen LogP contribution < -0.4 is 19.5 Å². The minimum absolute atomic E-state index is 0.197. The molecule has 2 rings (SSSR count). The van der Waals surface area contributed by atoms with Crippen molar-refractivity contribution in [2.24, 2.45) is 0 Å². The number of hydrogen-bond acceptors (Lipinski definition) is 4. The van der Waals surface area contributed by atoms with Crippen LogP contribution in [0.5, 0.6) is 17.2 Å².